The summed E-state index contributed by atoms with van der Waals surface area (Å²) in [5.74, 6) is 0.358. The summed E-state index contributed by atoms with van der Waals surface area (Å²) < 4.78 is 4.77. The van der Waals surface area contributed by atoms with Crippen molar-refractivity contribution >= 4 is 17.5 Å². The summed E-state index contributed by atoms with van der Waals surface area (Å²) in [6.45, 7) is 4.23. The molecule has 1 aromatic rings. The molecule has 0 radical (unpaired) electrons. The van der Waals surface area contributed by atoms with Gasteiger partial charge < -0.3 is 26.4 Å². The van der Waals surface area contributed by atoms with Crippen LogP contribution in [0, 0.1) is 0 Å². The van der Waals surface area contributed by atoms with Gasteiger partial charge in [-0.1, -0.05) is 6.42 Å². The Morgan fingerprint density at radius 3 is 2.70 bits per heavy atom. The number of likely N-dealkylation sites (tertiary alicyclic amines) is 1. The number of nitrogens with one attached hydrogen (secondary N) is 1. The lowest BCUT2D eigenvalue weighted by Crippen LogP contribution is -2.33. The number of nitrogens with two attached hydrogens (primary N) is 2. The number of hydrogen-bond acceptors (Lipinski definition) is 5. The van der Waals surface area contributed by atoms with Gasteiger partial charge in [0.05, 0.1) is 11.4 Å². The van der Waals surface area contributed by atoms with Crippen LogP contribution in [-0.2, 0) is 0 Å². The minimum atomic E-state index is -0.838. The van der Waals surface area contributed by atoms with Crippen molar-refractivity contribution in [1.29, 1.82) is 0 Å². The van der Waals surface area contributed by atoms with Gasteiger partial charge in [0.2, 0.25) is 0 Å². The van der Waals surface area contributed by atoms with E-state index in [0.717, 1.165) is 18.8 Å². The van der Waals surface area contributed by atoms with Crippen molar-refractivity contribution in [2.24, 2.45) is 5.73 Å². The van der Waals surface area contributed by atoms with Gasteiger partial charge in [0, 0.05) is 19.2 Å². The maximum atomic E-state index is 10.7. The molecule has 1 aliphatic heterocycles. The second kappa shape index (κ2) is 7.00. The van der Waals surface area contributed by atoms with Crippen LogP contribution in [0.5, 0.6) is 5.75 Å². The molecule has 0 saturated carbocycles. The highest BCUT2D eigenvalue weighted by atomic mass is 16.5. The van der Waals surface area contributed by atoms with Crippen molar-refractivity contribution in [1.82, 2.24) is 4.90 Å². The first kappa shape index (κ1) is 14.5. The number of benzene rings is 1. The number of nitrogen functional groups attached to an aromatic ring is 1. The Labute approximate surface area is 119 Å². The topological polar surface area (TPSA) is 93.6 Å². The fourth-order valence-electron chi connectivity index (χ4n) is 2.41. The Hall–Kier alpha value is -1.95. The van der Waals surface area contributed by atoms with E-state index in [0.29, 0.717) is 11.4 Å². The predicted molar refractivity (Wildman–Crippen MR) is 79.8 cm³/mol. The molecule has 0 bridgehead atoms. The molecule has 2 rings (SSSR count). The summed E-state index contributed by atoms with van der Waals surface area (Å²) in [5, 5.41) is 3.30. The van der Waals surface area contributed by atoms with E-state index in [1.54, 1.807) is 18.2 Å². The van der Waals surface area contributed by atoms with Crippen molar-refractivity contribution in [3.8, 4) is 5.75 Å². The van der Waals surface area contributed by atoms with E-state index >= 15 is 0 Å². The molecule has 6 nitrogen and oxygen atoms in total. The second-order valence-electron chi connectivity index (χ2n) is 5.00. The standard InChI is InChI=1S/C14H22N4O2/c15-12-10-11(20-14(16)19)4-5-13(12)17-6-9-18-7-2-1-3-8-18/h4-5,10,17H,1-3,6-9,15H2,(H2,16,19). The van der Waals surface area contributed by atoms with Crippen LogP contribution >= 0.6 is 0 Å². The monoisotopic (exact) mass is 278 g/mol. The molecule has 1 aromatic carbocycles. The third-order valence-electron chi connectivity index (χ3n) is 3.43. The van der Waals surface area contributed by atoms with Crippen LogP contribution in [0.3, 0.4) is 0 Å². The minimum Gasteiger partial charge on any atom is -0.410 e. The van der Waals surface area contributed by atoms with E-state index in [1.165, 1.54) is 32.4 Å². The van der Waals surface area contributed by atoms with E-state index in [1.807, 2.05) is 0 Å². The number of carbonyl (C=O) groups is 1. The summed E-state index contributed by atoms with van der Waals surface area (Å²) in [7, 11) is 0. The molecule has 0 aliphatic carbocycles. The van der Waals surface area contributed by atoms with Gasteiger partial charge >= 0.3 is 6.09 Å². The molecule has 0 unspecified atom stereocenters. The van der Waals surface area contributed by atoms with Gasteiger partial charge in [-0.05, 0) is 38.1 Å². The maximum Gasteiger partial charge on any atom is 0.409 e. The minimum absolute atomic E-state index is 0.358. The molecule has 0 spiro atoms. The summed E-state index contributed by atoms with van der Waals surface area (Å²) in [4.78, 5) is 13.1. The van der Waals surface area contributed by atoms with E-state index in [2.05, 4.69) is 10.2 Å². The zero-order valence-corrected chi connectivity index (χ0v) is 11.6. The summed E-state index contributed by atoms with van der Waals surface area (Å²) in [6, 6.07) is 5.06. The van der Waals surface area contributed by atoms with E-state index in [9.17, 15) is 4.79 Å². The Bertz CT molecular complexity index is 458. The van der Waals surface area contributed by atoms with Crippen LogP contribution in [-0.4, -0.2) is 37.2 Å². The van der Waals surface area contributed by atoms with Crippen molar-refractivity contribution < 1.29 is 9.53 Å². The predicted octanol–water partition coefficient (Wildman–Crippen LogP) is 1.62. The third kappa shape index (κ3) is 4.31. The average molecular weight is 278 g/mol. The van der Waals surface area contributed by atoms with Gasteiger partial charge in [-0.2, -0.15) is 0 Å². The van der Waals surface area contributed by atoms with E-state index < -0.39 is 6.09 Å². The SMILES string of the molecule is NC(=O)Oc1ccc(NCCN2CCCCC2)c(N)c1. The van der Waals surface area contributed by atoms with Crippen LogP contribution in [0.2, 0.25) is 0 Å². The second-order valence-corrected chi connectivity index (χ2v) is 5.00. The lowest BCUT2D eigenvalue weighted by atomic mass is 10.1. The normalized spacial score (nSPS) is 15.8. The number of nitrogens with zero attached hydrogens (tertiary/aromatic N) is 1. The Morgan fingerprint density at radius 1 is 1.30 bits per heavy atom. The molecular weight excluding hydrogens is 256 g/mol. The smallest absolute Gasteiger partial charge is 0.409 e. The first-order valence-electron chi connectivity index (χ1n) is 6.98. The third-order valence-corrected chi connectivity index (χ3v) is 3.43. The van der Waals surface area contributed by atoms with Gasteiger partial charge in [0.25, 0.3) is 0 Å². The quantitative estimate of drug-likeness (QED) is 0.712. The summed E-state index contributed by atoms with van der Waals surface area (Å²) in [5.41, 5.74) is 12.3. The molecule has 1 amide bonds. The molecule has 0 atom stereocenters. The number of piperidine rings is 1. The molecule has 1 saturated heterocycles. The number of carbonyl (C=O) groups excluding carboxylic acids is 1. The number of hydrogen-bond donors (Lipinski definition) is 3. The first-order chi connectivity index (χ1) is 9.65. The van der Waals surface area contributed by atoms with Crippen LogP contribution in [0.15, 0.2) is 18.2 Å². The molecule has 1 fully saturated rings. The van der Waals surface area contributed by atoms with Gasteiger partial charge in [-0.15, -0.1) is 0 Å². The Kier molecular flexibility index (Phi) is 5.06. The fourth-order valence-corrected chi connectivity index (χ4v) is 2.41. The van der Waals surface area contributed by atoms with Crippen LogP contribution in [0.25, 0.3) is 0 Å². The molecule has 110 valence electrons. The number of amides is 1. The van der Waals surface area contributed by atoms with Gasteiger partial charge in [0.15, 0.2) is 0 Å². The Balaban J connectivity index is 1.81. The number of rotatable bonds is 5. The lowest BCUT2D eigenvalue weighted by molar-refractivity contribution is 0.211. The molecule has 0 aromatic heterocycles. The number of primary amides is 1. The molecule has 6 heteroatoms. The first-order valence-corrected chi connectivity index (χ1v) is 6.98. The van der Waals surface area contributed by atoms with Gasteiger partial charge in [-0.25, -0.2) is 4.79 Å². The molecule has 1 aliphatic rings. The van der Waals surface area contributed by atoms with Gasteiger partial charge in [-0.3, -0.25) is 0 Å². The van der Waals surface area contributed by atoms with E-state index in [4.69, 9.17) is 16.2 Å². The van der Waals surface area contributed by atoms with Crippen molar-refractivity contribution in [2.45, 2.75) is 19.3 Å². The maximum absolute atomic E-state index is 10.7. The van der Waals surface area contributed by atoms with Crippen LogP contribution in [0.4, 0.5) is 16.2 Å². The van der Waals surface area contributed by atoms with Crippen molar-refractivity contribution in [2.75, 3.05) is 37.2 Å². The van der Waals surface area contributed by atoms with Crippen molar-refractivity contribution in [3.63, 3.8) is 0 Å². The highest BCUT2D eigenvalue weighted by Crippen LogP contribution is 2.24. The largest absolute Gasteiger partial charge is 0.410 e. The zero-order chi connectivity index (χ0) is 14.4. The fraction of sp³-hybridized carbons (Fsp3) is 0.500. The lowest BCUT2D eigenvalue weighted by Gasteiger charge is -2.26. The highest BCUT2D eigenvalue weighted by molar-refractivity contribution is 5.72. The zero-order valence-electron chi connectivity index (χ0n) is 11.6. The molecule has 20 heavy (non-hydrogen) atoms. The number of ether oxygens (including phenoxy) is 1. The van der Waals surface area contributed by atoms with Crippen LogP contribution in [0.1, 0.15) is 19.3 Å². The average Bonchev–Trinajstić information content (AvgIpc) is 2.42. The molecular formula is C14H22N4O2. The number of anilines is 2. The Morgan fingerprint density at radius 2 is 2.05 bits per heavy atom. The van der Waals surface area contributed by atoms with E-state index in [-0.39, 0.29) is 0 Å². The van der Waals surface area contributed by atoms with Crippen LogP contribution < -0.4 is 21.5 Å². The van der Waals surface area contributed by atoms with Gasteiger partial charge in [0.1, 0.15) is 5.75 Å². The van der Waals surface area contributed by atoms with Crippen molar-refractivity contribution in [3.05, 3.63) is 18.2 Å². The highest BCUT2D eigenvalue weighted by Gasteiger charge is 2.09. The molecule has 5 N–H and O–H groups in total. The summed E-state index contributed by atoms with van der Waals surface area (Å²) >= 11 is 0. The molecule has 1 heterocycles. The summed E-state index contributed by atoms with van der Waals surface area (Å²) in [6.07, 6.45) is 3.09.